The molecule has 0 spiro atoms. The molecule has 1 atom stereocenters. The highest BCUT2D eigenvalue weighted by Gasteiger charge is 2.21. The molecule has 0 heterocycles. The van der Waals surface area contributed by atoms with E-state index in [1.165, 1.54) is 0 Å². The van der Waals surface area contributed by atoms with Gasteiger partial charge in [0.1, 0.15) is 5.82 Å². The van der Waals surface area contributed by atoms with E-state index in [9.17, 15) is 4.39 Å². The van der Waals surface area contributed by atoms with Crippen molar-refractivity contribution in [3.8, 4) is 0 Å². The molecule has 0 radical (unpaired) electrons. The quantitative estimate of drug-likeness (QED) is 0.731. The first-order chi connectivity index (χ1) is 6.20. The summed E-state index contributed by atoms with van der Waals surface area (Å²) in [6.07, 6.45) is 2.95. The van der Waals surface area contributed by atoms with Crippen LogP contribution in [0.5, 0.6) is 0 Å². The maximum absolute atomic E-state index is 13.6. The molecular formula is C10H11FIN. The number of nitrogens with two attached hydrogens (primary N) is 1. The van der Waals surface area contributed by atoms with Gasteiger partial charge in [-0.05, 0) is 53.5 Å². The summed E-state index contributed by atoms with van der Waals surface area (Å²) >= 11 is 2.01. The average Bonchev–Trinajstić information content (AvgIpc) is 2.12. The third-order valence-corrected chi connectivity index (χ3v) is 3.39. The van der Waals surface area contributed by atoms with Gasteiger partial charge in [-0.1, -0.05) is 6.07 Å². The lowest BCUT2D eigenvalue weighted by Gasteiger charge is -2.22. The maximum Gasteiger partial charge on any atom is 0.141 e. The molecule has 1 aliphatic carbocycles. The lowest BCUT2D eigenvalue weighted by atomic mass is 9.88. The topological polar surface area (TPSA) is 26.0 Å². The van der Waals surface area contributed by atoms with Crippen molar-refractivity contribution in [2.45, 2.75) is 25.3 Å². The molecular weight excluding hydrogens is 280 g/mol. The van der Waals surface area contributed by atoms with E-state index in [-0.39, 0.29) is 11.9 Å². The summed E-state index contributed by atoms with van der Waals surface area (Å²) in [5, 5.41) is 0. The van der Waals surface area contributed by atoms with Crippen LogP contribution in [0.3, 0.4) is 0 Å². The summed E-state index contributed by atoms with van der Waals surface area (Å²) in [6, 6.07) is 3.73. The van der Waals surface area contributed by atoms with Crippen LogP contribution in [-0.4, -0.2) is 0 Å². The number of benzene rings is 1. The van der Waals surface area contributed by atoms with Gasteiger partial charge < -0.3 is 5.73 Å². The molecule has 0 saturated carbocycles. The Hall–Kier alpha value is -0.160. The Morgan fingerprint density at radius 3 is 3.00 bits per heavy atom. The van der Waals surface area contributed by atoms with Crippen molar-refractivity contribution in [3.63, 3.8) is 0 Å². The smallest absolute Gasteiger partial charge is 0.141 e. The van der Waals surface area contributed by atoms with E-state index in [1.807, 2.05) is 34.7 Å². The van der Waals surface area contributed by atoms with E-state index in [0.717, 1.165) is 30.4 Å². The van der Waals surface area contributed by atoms with Crippen LogP contribution in [0.2, 0.25) is 0 Å². The standard InChI is InChI=1S/C10H11FIN/c11-10-7(12)5-4-6-2-1-3-8(13)9(6)10/h4-5,8H,1-3,13H2. The van der Waals surface area contributed by atoms with Crippen molar-refractivity contribution < 1.29 is 4.39 Å². The van der Waals surface area contributed by atoms with Crippen LogP contribution >= 0.6 is 22.6 Å². The van der Waals surface area contributed by atoms with Gasteiger partial charge in [-0.3, -0.25) is 0 Å². The van der Waals surface area contributed by atoms with Crippen molar-refractivity contribution in [1.82, 2.24) is 0 Å². The second-order valence-electron chi connectivity index (χ2n) is 3.43. The predicted molar refractivity (Wildman–Crippen MR) is 59.0 cm³/mol. The summed E-state index contributed by atoms with van der Waals surface area (Å²) in [7, 11) is 0. The molecule has 1 aromatic rings. The van der Waals surface area contributed by atoms with Crippen molar-refractivity contribution >= 4 is 22.6 Å². The summed E-state index contributed by atoms with van der Waals surface area (Å²) in [5.41, 5.74) is 7.72. The third-order valence-electron chi connectivity index (χ3n) is 2.55. The van der Waals surface area contributed by atoms with Gasteiger partial charge in [0.2, 0.25) is 0 Å². The van der Waals surface area contributed by atoms with Crippen molar-refractivity contribution in [2.75, 3.05) is 0 Å². The van der Waals surface area contributed by atoms with Crippen molar-refractivity contribution in [1.29, 1.82) is 0 Å². The molecule has 0 amide bonds. The second-order valence-corrected chi connectivity index (χ2v) is 4.60. The van der Waals surface area contributed by atoms with E-state index in [2.05, 4.69) is 0 Å². The highest BCUT2D eigenvalue weighted by molar-refractivity contribution is 14.1. The Bertz CT molecular complexity index is 338. The zero-order valence-electron chi connectivity index (χ0n) is 7.19. The number of fused-ring (bicyclic) bond motifs is 1. The minimum Gasteiger partial charge on any atom is -0.324 e. The van der Waals surface area contributed by atoms with Crippen LogP contribution in [0, 0.1) is 9.39 Å². The van der Waals surface area contributed by atoms with E-state index < -0.39 is 0 Å². The first kappa shape index (κ1) is 9.40. The number of hydrogen-bond donors (Lipinski definition) is 1. The van der Waals surface area contributed by atoms with Crippen LogP contribution in [0.15, 0.2) is 12.1 Å². The van der Waals surface area contributed by atoms with Crippen LogP contribution < -0.4 is 5.73 Å². The molecule has 2 N–H and O–H groups in total. The number of halogens is 2. The lowest BCUT2D eigenvalue weighted by Crippen LogP contribution is -2.19. The van der Waals surface area contributed by atoms with Crippen molar-refractivity contribution in [2.24, 2.45) is 5.73 Å². The minimum absolute atomic E-state index is 0.0986. The molecule has 2 rings (SSSR count). The first-order valence-electron chi connectivity index (χ1n) is 4.42. The van der Waals surface area contributed by atoms with Gasteiger partial charge in [0.25, 0.3) is 0 Å². The van der Waals surface area contributed by atoms with E-state index >= 15 is 0 Å². The molecule has 1 unspecified atom stereocenters. The number of rotatable bonds is 0. The molecule has 0 aliphatic heterocycles. The fourth-order valence-corrected chi connectivity index (χ4v) is 2.35. The molecule has 1 nitrogen and oxygen atoms in total. The Balaban J connectivity index is 2.58. The monoisotopic (exact) mass is 291 g/mol. The lowest BCUT2D eigenvalue weighted by molar-refractivity contribution is 0.515. The zero-order valence-corrected chi connectivity index (χ0v) is 9.34. The molecule has 3 heteroatoms. The summed E-state index contributed by atoms with van der Waals surface area (Å²) in [4.78, 5) is 0. The molecule has 1 aliphatic rings. The van der Waals surface area contributed by atoms with Crippen molar-refractivity contribution in [3.05, 3.63) is 32.6 Å². The number of hydrogen-bond acceptors (Lipinski definition) is 1. The Kier molecular flexibility index (Phi) is 2.55. The largest absolute Gasteiger partial charge is 0.324 e. The predicted octanol–water partition coefficient (Wildman–Crippen LogP) is 2.77. The molecule has 13 heavy (non-hydrogen) atoms. The zero-order chi connectivity index (χ0) is 9.42. The fourth-order valence-electron chi connectivity index (χ4n) is 1.88. The summed E-state index contributed by atoms with van der Waals surface area (Å²) in [6.45, 7) is 0. The molecule has 0 saturated heterocycles. The first-order valence-corrected chi connectivity index (χ1v) is 5.50. The van der Waals surface area contributed by atoms with Crippen LogP contribution in [-0.2, 0) is 6.42 Å². The summed E-state index contributed by atoms with van der Waals surface area (Å²) < 4.78 is 14.3. The van der Waals surface area contributed by atoms with E-state index in [4.69, 9.17) is 5.73 Å². The highest BCUT2D eigenvalue weighted by Crippen LogP contribution is 2.31. The maximum atomic E-state index is 13.6. The normalized spacial score (nSPS) is 21.3. The van der Waals surface area contributed by atoms with Crippen LogP contribution in [0.4, 0.5) is 4.39 Å². The fraction of sp³-hybridized carbons (Fsp3) is 0.400. The number of aryl methyl sites for hydroxylation is 1. The van der Waals surface area contributed by atoms with E-state index in [1.54, 1.807) is 0 Å². The molecule has 70 valence electrons. The highest BCUT2D eigenvalue weighted by atomic mass is 127. The van der Waals surface area contributed by atoms with Gasteiger partial charge in [-0.15, -0.1) is 0 Å². The second kappa shape index (κ2) is 3.53. The van der Waals surface area contributed by atoms with Crippen LogP contribution in [0.25, 0.3) is 0 Å². The van der Waals surface area contributed by atoms with Gasteiger partial charge in [-0.2, -0.15) is 0 Å². The molecule has 0 bridgehead atoms. The molecule has 1 aromatic carbocycles. The molecule has 0 aromatic heterocycles. The van der Waals surface area contributed by atoms with E-state index in [0.29, 0.717) is 3.57 Å². The van der Waals surface area contributed by atoms with Gasteiger partial charge in [0, 0.05) is 15.2 Å². The average molecular weight is 291 g/mol. The Morgan fingerprint density at radius 2 is 2.23 bits per heavy atom. The van der Waals surface area contributed by atoms with Gasteiger partial charge in [0.05, 0.1) is 0 Å². The Labute approximate surface area is 90.7 Å². The molecule has 0 fully saturated rings. The third kappa shape index (κ3) is 1.59. The minimum atomic E-state index is -0.106. The Morgan fingerprint density at radius 1 is 1.46 bits per heavy atom. The van der Waals surface area contributed by atoms with Gasteiger partial charge in [-0.25, -0.2) is 4.39 Å². The summed E-state index contributed by atoms with van der Waals surface area (Å²) in [5.74, 6) is -0.106. The SMILES string of the molecule is NC1CCCc2ccc(I)c(F)c21. The van der Waals surface area contributed by atoms with Gasteiger partial charge >= 0.3 is 0 Å². The van der Waals surface area contributed by atoms with Crippen LogP contribution in [0.1, 0.15) is 30.0 Å². The van der Waals surface area contributed by atoms with Gasteiger partial charge in [0.15, 0.2) is 0 Å².